The zero-order valence-electron chi connectivity index (χ0n) is 16.8. The molecule has 5 rings (SSSR count). The minimum absolute atomic E-state index is 0.652. The Bertz CT molecular complexity index is 1300. The summed E-state index contributed by atoms with van der Waals surface area (Å²) in [4.78, 5) is 14.3. The monoisotopic (exact) mass is 387 g/mol. The molecule has 0 aliphatic heterocycles. The summed E-state index contributed by atoms with van der Waals surface area (Å²) in [6, 6.07) is 29.2. The molecule has 0 N–H and O–H groups in total. The van der Waals surface area contributed by atoms with Crippen molar-refractivity contribution in [1.82, 2.24) is 15.0 Å². The standard InChI is InChI=1S/C27H21N3/c1-3-18(2)25-28-26(23-14-12-19-8-4-6-10-21(19)16-23)30-27(29-25)24-15-13-20-9-5-7-11-22(20)17-24/h4-17H,2-3H2,1H3. The molecule has 5 aromatic rings. The highest BCUT2D eigenvalue weighted by atomic mass is 15.0. The first-order chi connectivity index (χ1) is 14.7. The number of benzene rings is 4. The van der Waals surface area contributed by atoms with Crippen molar-refractivity contribution in [3.63, 3.8) is 0 Å². The Morgan fingerprint density at radius 3 is 1.57 bits per heavy atom. The van der Waals surface area contributed by atoms with E-state index in [0.29, 0.717) is 17.5 Å². The van der Waals surface area contributed by atoms with Crippen LogP contribution in [0, 0.1) is 0 Å². The van der Waals surface area contributed by atoms with E-state index in [-0.39, 0.29) is 0 Å². The van der Waals surface area contributed by atoms with Gasteiger partial charge in [-0.25, -0.2) is 15.0 Å². The molecule has 144 valence electrons. The van der Waals surface area contributed by atoms with Gasteiger partial charge in [-0.1, -0.05) is 86.3 Å². The summed E-state index contributed by atoms with van der Waals surface area (Å²) in [5.74, 6) is 1.99. The second kappa shape index (κ2) is 7.53. The van der Waals surface area contributed by atoms with Gasteiger partial charge in [0, 0.05) is 11.1 Å². The Balaban J connectivity index is 1.69. The van der Waals surface area contributed by atoms with Crippen LogP contribution in [0.25, 0.3) is 49.9 Å². The summed E-state index contributed by atoms with van der Waals surface area (Å²) in [5, 5.41) is 4.73. The molecular formula is C27H21N3. The Morgan fingerprint density at radius 1 is 0.633 bits per heavy atom. The Kier molecular flexibility index (Phi) is 4.56. The Morgan fingerprint density at radius 2 is 1.10 bits per heavy atom. The van der Waals surface area contributed by atoms with Gasteiger partial charge in [-0.15, -0.1) is 0 Å². The summed E-state index contributed by atoms with van der Waals surface area (Å²) < 4.78 is 0. The molecule has 3 nitrogen and oxygen atoms in total. The third-order valence-electron chi connectivity index (χ3n) is 5.39. The lowest BCUT2D eigenvalue weighted by Gasteiger charge is -2.10. The van der Waals surface area contributed by atoms with E-state index < -0.39 is 0 Å². The van der Waals surface area contributed by atoms with Gasteiger partial charge < -0.3 is 0 Å². The summed E-state index contributed by atoms with van der Waals surface area (Å²) in [7, 11) is 0. The number of allylic oxidation sites excluding steroid dienone is 1. The van der Waals surface area contributed by atoms with E-state index in [1.807, 2.05) is 24.3 Å². The van der Waals surface area contributed by atoms with Crippen LogP contribution in [0.15, 0.2) is 91.5 Å². The number of aromatic nitrogens is 3. The molecule has 3 heteroatoms. The minimum atomic E-state index is 0.652. The van der Waals surface area contributed by atoms with Crippen LogP contribution in [0.1, 0.15) is 19.2 Å². The van der Waals surface area contributed by atoms with Crippen LogP contribution >= 0.6 is 0 Å². The molecule has 0 saturated carbocycles. The Hall–Kier alpha value is -3.85. The SMILES string of the molecule is C=C(CC)c1nc(-c2ccc3ccccc3c2)nc(-c2ccc3ccccc3c2)n1. The van der Waals surface area contributed by atoms with Gasteiger partial charge in [0.05, 0.1) is 0 Å². The third kappa shape index (κ3) is 3.35. The molecule has 0 radical (unpaired) electrons. The van der Waals surface area contributed by atoms with Crippen molar-refractivity contribution in [2.75, 3.05) is 0 Å². The van der Waals surface area contributed by atoms with E-state index in [2.05, 4.69) is 74.2 Å². The third-order valence-corrected chi connectivity index (χ3v) is 5.39. The van der Waals surface area contributed by atoms with E-state index in [9.17, 15) is 0 Å². The van der Waals surface area contributed by atoms with Gasteiger partial charge in [-0.05, 0) is 45.7 Å². The van der Waals surface area contributed by atoms with Crippen LogP contribution in [0.2, 0.25) is 0 Å². The molecule has 0 unspecified atom stereocenters. The molecule has 0 bridgehead atoms. The average Bonchev–Trinajstić information content (AvgIpc) is 2.82. The second-order valence-corrected chi connectivity index (χ2v) is 7.39. The lowest BCUT2D eigenvalue weighted by Crippen LogP contribution is -2.02. The van der Waals surface area contributed by atoms with Crippen LogP contribution in [-0.4, -0.2) is 15.0 Å². The molecule has 0 aliphatic rings. The normalized spacial score (nSPS) is 11.1. The zero-order valence-corrected chi connectivity index (χ0v) is 16.8. The maximum atomic E-state index is 4.84. The van der Waals surface area contributed by atoms with E-state index in [1.165, 1.54) is 21.5 Å². The fraction of sp³-hybridized carbons (Fsp3) is 0.0741. The molecule has 4 aromatic carbocycles. The summed E-state index contributed by atoms with van der Waals surface area (Å²) >= 11 is 0. The van der Waals surface area contributed by atoms with Gasteiger partial charge >= 0.3 is 0 Å². The molecule has 1 heterocycles. The van der Waals surface area contributed by atoms with Crippen LogP contribution in [-0.2, 0) is 0 Å². The molecule has 0 amide bonds. The molecule has 0 fully saturated rings. The summed E-state index contributed by atoms with van der Waals surface area (Å²) in [6.07, 6.45) is 0.790. The van der Waals surface area contributed by atoms with E-state index >= 15 is 0 Å². The van der Waals surface area contributed by atoms with E-state index in [4.69, 9.17) is 15.0 Å². The lowest BCUT2D eigenvalue weighted by molar-refractivity contribution is 1.02. The molecule has 0 spiro atoms. The topological polar surface area (TPSA) is 38.7 Å². The molecule has 0 atom stereocenters. The van der Waals surface area contributed by atoms with Crippen molar-refractivity contribution in [3.8, 4) is 22.8 Å². The van der Waals surface area contributed by atoms with E-state index in [0.717, 1.165) is 23.1 Å². The van der Waals surface area contributed by atoms with Crippen molar-refractivity contribution in [3.05, 3.63) is 97.3 Å². The summed E-state index contributed by atoms with van der Waals surface area (Å²) in [5.41, 5.74) is 2.85. The van der Waals surface area contributed by atoms with Gasteiger partial charge in [-0.3, -0.25) is 0 Å². The lowest BCUT2D eigenvalue weighted by atomic mass is 10.1. The van der Waals surface area contributed by atoms with Crippen LogP contribution in [0.3, 0.4) is 0 Å². The highest BCUT2D eigenvalue weighted by Crippen LogP contribution is 2.27. The molecule has 0 saturated heterocycles. The molecular weight excluding hydrogens is 366 g/mol. The second-order valence-electron chi connectivity index (χ2n) is 7.39. The molecule has 30 heavy (non-hydrogen) atoms. The smallest absolute Gasteiger partial charge is 0.164 e. The summed E-state index contributed by atoms with van der Waals surface area (Å²) in [6.45, 7) is 6.23. The minimum Gasteiger partial charge on any atom is -0.209 e. The van der Waals surface area contributed by atoms with Gasteiger partial charge in [0.15, 0.2) is 17.5 Å². The van der Waals surface area contributed by atoms with Crippen molar-refractivity contribution >= 4 is 27.1 Å². The number of hydrogen-bond donors (Lipinski definition) is 0. The maximum Gasteiger partial charge on any atom is 0.164 e. The molecule has 1 aromatic heterocycles. The fourth-order valence-electron chi connectivity index (χ4n) is 3.61. The average molecular weight is 387 g/mol. The van der Waals surface area contributed by atoms with Crippen molar-refractivity contribution in [2.45, 2.75) is 13.3 Å². The predicted octanol–water partition coefficient (Wildman–Crippen LogP) is 6.94. The van der Waals surface area contributed by atoms with Gasteiger partial charge in [0.2, 0.25) is 0 Å². The van der Waals surface area contributed by atoms with Gasteiger partial charge in [0.25, 0.3) is 0 Å². The van der Waals surface area contributed by atoms with Crippen LogP contribution < -0.4 is 0 Å². The van der Waals surface area contributed by atoms with Gasteiger partial charge in [0.1, 0.15) is 0 Å². The fourth-order valence-corrected chi connectivity index (χ4v) is 3.61. The maximum absolute atomic E-state index is 4.84. The highest BCUT2D eigenvalue weighted by Gasteiger charge is 2.13. The number of rotatable bonds is 4. The first kappa shape index (κ1) is 18.2. The largest absolute Gasteiger partial charge is 0.209 e. The zero-order chi connectivity index (χ0) is 20.5. The Labute approximate surface area is 175 Å². The first-order valence-electron chi connectivity index (χ1n) is 10.1. The number of hydrogen-bond acceptors (Lipinski definition) is 3. The highest BCUT2D eigenvalue weighted by molar-refractivity contribution is 5.88. The van der Waals surface area contributed by atoms with Gasteiger partial charge in [-0.2, -0.15) is 0 Å². The first-order valence-corrected chi connectivity index (χ1v) is 10.1. The molecule has 0 aliphatic carbocycles. The number of fused-ring (bicyclic) bond motifs is 2. The van der Waals surface area contributed by atoms with Crippen LogP contribution in [0.5, 0.6) is 0 Å². The quantitative estimate of drug-likeness (QED) is 0.335. The predicted molar refractivity (Wildman–Crippen MR) is 125 cm³/mol. The van der Waals surface area contributed by atoms with Crippen molar-refractivity contribution < 1.29 is 0 Å². The number of nitrogens with zero attached hydrogens (tertiary/aromatic N) is 3. The van der Waals surface area contributed by atoms with Crippen molar-refractivity contribution in [2.24, 2.45) is 0 Å². The van der Waals surface area contributed by atoms with Crippen LogP contribution in [0.4, 0.5) is 0 Å². The van der Waals surface area contributed by atoms with Crippen molar-refractivity contribution in [1.29, 1.82) is 0 Å². The van der Waals surface area contributed by atoms with E-state index in [1.54, 1.807) is 0 Å².